The third-order valence-electron chi connectivity index (χ3n) is 7.19. The molecule has 0 radical (unpaired) electrons. The largest absolute Gasteiger partial charge is 0.418 e. The molecule has 39 heavy (non-hydrogen) atoms. The van der Waals surface area contributed by atoms with Crippen LogP contribution in [-0.4, -0.2) is 9.97 Å². The van der Waals surface area contributed by atoms with Gasteiger partial charge in [-0.05, 0) is 67.9 Å². The highest BCUT2D eigenvalue weighted by atomic mass is 32.1. The summed E-state index contributed by atoms with van der Waals surface area (Å²) >= 11 is 1.67. The second-order valence-electron chi connectivity index (χ2n) is 10.2. The van der Waals surface area contributed by atoms with Crippen molar-refractivity contribution in [3.8, 4) is 22.5 Å². The van der Waals surface area contributed by atoms with Crippen LogP contribution in [0, 0.1) is 6.92 Å². The summed E-state index contributed by atoms with van der Waals surface area (Å²) in [4.78, 5) is 10.8. The fraction of sp³-hybridized carbons (Fsp3) is 0.152. The van der Waals surface area contributed by atoms with Crippen LogP contribution in [0.1, 0.15) is 35.7 Å². The summed E-state index contributed by atoms with van der Waals surface area (Å²) in [5, 5.41) is 3.17. The van der Waals surface area contributed by atoms with Gasteiger partial charge in [0, 0.05) is 31.5 Å². The van der Waals surface area contributed by atoms with Crippen molar-refractivity contribution in [2.75, 3.05) is 0 Å². The highest BCUT2D eigenvalue weighted by Crippen LogP contribution is 2.43. The van der Waals surface area contributed by atoms with E-state index in [-0.39, 0.29) is 5.69 Å². The minimum atomic E-state index is -4.56. The maximum absolute atomic E-state index is 14.4. The van der Waals surface area contributed by atoms with Crippen LogP contribution in [0.5, 0.6) is 0 Å². The van der Waals surface area contributed by atoms with Crippen molar-refractivity contribution >= 4 is 32.2 Å². The Labute approximate surface area is 228 Å². The first-order valence-corrected chi connectivity index (χ1v) is 13.5. The van der Waals surface area contributed by atoms with E-state index in [1.54, 1.807) is 31.3 Å². The fourth-order valence-electron chi connectivity index (χ4n) is 5.21. The summed E-state index contributed by atoms with van der Waals surface area (Å²) in [6.45, 7) is 5.58. The lowest BCUT2D eigenvalue weighted by atomic mass is 9.81. The second-order valence-corrected chi connectivity index (χ2v) is 11.5. The van der Waals surface area contributed by atoms with Crippen molar-refractivity contribution in [2.45, 2.75) is 32.4 Å². The standard InChI is InChI=1S/C33H25F3N2S/c1-20-18-25-23-13-8-7-12-22(23)24(19-29(25)39-20)28-17-16-26(33(34,35)36)31(38-28)32(2,3)30-15-9-14-27(37-30)21-10-5-4-6-11-21/h4-19H,1-3H3. The van der Waals surface area contributed by atoms with Crippen molar-refractivity contribution < 1.29 is 13.2 Å². The molecule has 3 aromatic heterocycles. The molecule has 3 aromatic carbocycles. The zero-order valence-corrected chi connectivity index (χ0v) is 22.5. The average Bonchev–Trinajstić information content (AvgIpc) is 3.33. The number of fused-ring (bicyclic) bond motifs is 3. The molecule has 0 atom stereocenters. The number of hydrogen-bond donors (Lipinski definition) is 0. The monoisotopic (exact) mass is 538 g/mol. The highest BCUT2D eigenvalue weighted by molar-refractivity contribution is 7.19. The van der Waals surface area contributed by atoms with Gasteiger partial charge >= 0.3 is 6.18 Å². The average molecular weight is 539 g/mol. The molecule has 0 spiro atoms. The van der Waals surface area contributed by atoms with Gasteiger partial charge < -0.3 is 0 Å². The number of halogens is 3. The van der Waals surface area contributed by atoms with Gasteiger partial charge in [0.05, 0.1) is 28.3 Å². The summed E-state index contributed by atoms with van der Waals surface area (Å²) in [5.74, 6) is 0. The predicted octanol–water partition coefficient (Wildman–Crippen LogP) is 9.83. The maximum atomic E-state index is 14.4. The molecule has 0 aliphatic heterocycles. The van der Waals surface area contributed by atoms with Crippen molar-refractivity contribution in [3.05, 3.63) is 119 Å². The summed E-state index contributed by atoms with van der Waals surface area (Å²) < 4.78 is 44.2. The minimum absolute atomic E-state index is 0.0447. The molecule has 0 aliphatic rings. The van der Waals surface area contributed by atoms with E-state index in [1.165, 1.54) is 17.0 Å². The molecule has 0 unspecified atom stereocenters. The molecule has 0 bridgehead atoms. The third-order valence-corrected chi connectivity index (χ3v) is 8.19. The zero-order valence-electron chi connectivity index (χ0n) is 21.7. The first-order chi connectivity index (χ1) is 18.6. The molecule has 0 fully saturated rings. The third kappa shape index (κ3) is 4.49. The lowest BCUT2D eigenvalue weighted by molar-refractivity contribution is -0.138. The SMILES string of the molecule is Cc1cc2c(cc(-c3ccc(C(F)(F)F)c(C(C)(C)c4cccc(-c5ccccc5)n4)n3)c3ccccc32)s1. The first kappa shape index (κ1) is 25.3. The molecular formula is C33H25F3N2S. The Morgan fingerprint density at radius 1 is 0.667 bits per heavy atom. The maximum Gasteiger partial charge on any atom is 0.418 e. The van der Waals surface area contributed by atoms with E-state index in [4.69, 9.17) is 9.97 Å². The number of pyridine rings is 2. The lowest BCUT2D eigenvalue weighted by Gasteiger charge is -2.28. The van der Waals surface area contributed by atoms with E-state index in [9.17, 15) is 13.2 Å². The zero-order chi connectivity index (χ0) is 27.4. The summed E-state index contributed by atoms with van der Waals surface area (Å²) in [5.41, 5.74) is 1.54. The summed E-state index contributed by atoms with van der Waals surface area (Å²) in [7, 11) is 0. The summed E-state index contributed by atoms with van der Waals surface area (Å²) in [6.07, 6.45) is -4.56. The van der Waals surface area contributed by atoms with Crippen LogP contribution in [0.4, 0.5) is 13.2 Å². The van der Waals surface area contributed by atoms with Crippen molar-refractivity contribution in [3.63, 3.8) is 0 Å². The van der Waals surface area contributed by atoms with E-state index in [0.717, 1.165) is 32.0 Å². The lowest BCUT2D eigenvalue weighted by Crippen LogP contribution is -2.27. The van der Waals surface area contributed by atoms with Crippen LogP contribution in [0.3, 0.4) is 0 Å². The fourth-order valence-corrected chi connectivity index (χ4v) is 6.19. The van der Waals surface area contributed by atoms with Gasteiger partial charge in [-0.25, -0.2) is 0 Å². The van der Waals surface area contributed by atoms with Gasteiger partial charge in [-0.1, -0.05) is 60.7 Å². The van der Waals surface area contributed by atoms with Crippen molar-refractivity contribution in [2.24, 2.45) is 0 Å². The first-order valence-electron chi connectivity index (χ1n) is 12.7. The molecule has 0 saturated heterocycles. The molecule has 6 rings (SSSR count). The van der Waals surface area contributed by atoms with E-state index < -0.39 is 17.2 Å². The smallest absolute Gasteiger partial charge is 0.252 e. The van der Waals surface area contributed by atoms with Crippen molar-refractivity contribution in [1.29, 1.82) is 0 Å². The topological polar surface area (TPSA) is 25.8 Å². The molecule has 6 aromatic rings. The Hall–Kier alpha value is -4.03. The van der Waals surface area contributed by atoms with Gasteiger partial charge in [0.15, 0.2) is 0 Å². The molecule has 0 N–H and O–H groups in total. The number of benzene rings is 3. The van der Waals surface area contributed by atoms with Gasteiger partial charge in [-0.15, -0.1) is 11.3 Å². The van der Waals surface area contributed by atoms with E-state index in [2.05, 4.69) is 25.1 Å². The summed E-state index contributed by atoms with van der Waals surface area (Å²) in [6, 6.07) is 30.0. The van der Waals surface area contributed by atoms with E-state index in [0.29, 0.717) is 17.1 Å². The molecule has 6 heteroatoms. The van der Waals surface area contributed by atoms with Crippen LogP contribution in [0.2, 0.25) is 0 Å². The van der Waals surface area contributed by atoms with E-state index in [1.807, 2.05) is 60.7 Å². The molecule has 3 heterocycles. The normalized spacial score (nSPS) is 12.4. The van der Waals surface area contributed by atoms with Crippen LogP contribution in [-0.2, 0) is 11.6 Å². The highest BCUT2D eigenvalue weighted by Gasteiger charge is 2.40. The van der Waals surface area contributed by atoms with Crippen molar-refractivity contribution in [1.82, 2.24) is 9.97 Å². The van der Waals surface area contributed by atoms with E-state index >= 15 is 0 Å². The Balaban J connectivity index is 1.57. The Morgan fingerprint density at radius 2 is 1.38 bits per heavy atom. The van der Waals surface area contributed by atoms with Crippen LogP contribution in [0.25, 0.3) is 43.4 Å². The molecule has 0 amide bonds. The minimum Gasteiger partial charge on any atom is -0.252 e. The number of aromatic nitrogens is 2. The number of alkyl halides is 3. The molecule has 0 saturated carbocycles. The van der Waals surface area contributed by atoms with Gasteiger partial charge in [0.1, 0.15) is 0 Å². The second kappa shape index (κ2) is 9.31. The molecule has 194 valence electrons. The number of nitrogens with zero attached hydrogens (tertiary/aromatic N) is 2. The van der Waals surface area contributed by atoms with Crippen LogP contribution < -0.4 is 0 Å². The molecular weight excluding hydrogens is 513 g/mol. The molecule has 2 nitrogen and oxygen atoms in total. The number of rotatable bonds is 4. The Morgan fingerprint density at radius 3 is 2.13 bits per heavy atom. The van der Waals surface area contributed by atoms with Gasteiger partial charge in [0.25, 0.3) is 0 Å². The number of hydrogen-bond acceptors (Lipinski definition) is 3. The van der Waals surface area contributed by atoms with Crippen LogP contribution >= 0.6 is 11.3 Å². The predicted molar refractivity (Wildman–Crippen MR) is 154 cm³/mol. The Kier molecular flexibility index (Phi) is 6.03. The van der Waals surface area contributed by atoms with Gasteiger partial charge in [0.2, 0.25) is 0 Å². The quantitative estimate of drug-likeness (QED) is 0.223. The Bertz CT molecular complexity index is 1840. The number of aryl methyl sites for hydroxylation is 1. The number of thiophene rings is 1. The van der Waals surface area contributed by atoms with Gasteiger partial charge in [-0.3, -0.25) is 9.97 Å². The molecule has 0 aliphatic carbocycles. The van der Waals surface area contributed by atoms with Gasteiger partial charge in [-0.2, -0.15) is 13.2 Å². The van der Waals surface area contributed by atoms with Crippen LogP contribution in [0.15, 0.2) is 97.1 Å².